The Hall–Kier alpha value is -0.510. The van der Waals surface area contributed by atoms with Crippen LogP contribution >= 0.6 is 11.8 Å². The first kappa shape index (κ1) is 14.6. The van der Waals surface area contributed by atoms with Crippen molar-refractivity contribution in [2.24, 2.45) is 5.73 Å². The van der Waals surface area contributed by atoms with E-state index in [4.69, 9.17) is 5.73 Å². The van der Waals surface area contributed by atoms with Gasteiger partial charge < -0.3 is 10.8 Å². The van der Waals surface area contributed by atoms with E-state index in [1.54, 1.807) is 11.8 Å². The third-order valence-corrected chi connectivity index (χ3v) is 3.99. The molecule has 3 N–H and O–H groups in total. The topological polar surface area (TPSA) is 46.2 Å². The Bertz CT molecular complexity index is 325. The van der Waals surface area contributed by atoms with Crippen LogP contribution in [-0.2, 0) is 0 Å². The highest BCUT2D eigenvalue weighted by molar-refractivity contribution is 7.98. The first-order chi connectivity index (χ1) is 8.08. The molecule has 17 heavy (non-hydrogen) atoms. The third-order valence-electron chi connectivity index (χ3n) is 3.25. The maximum Gasteiger partial charge on any atom is 0.0696 e. The predicted octanol–water partition coefficient (Wildman–Crippen LogP) is 3.00. The summed E-state index contributed by atoms with van der Waals surface area (Å²) in [6.07, 6.45) is 3.21. The van der Waals surface area contributed by atoms with E-state index in [-0.39, 0.29) is 6.04 Å². The highest BCUT2D eigenvalue weighted by atomic mass is 32.2. The number of aliphatic hydroxyl groups excluding tert-OH is 1. The van der Waals surface area contributed by atoms with Gasteiger partial charge in [-0.15, -0.1) is 11.8 Å². The maximum atomic E-state index is 9.92. The predicted molar refractivity (Wildman–Crippen MR) is 75.5 cm³/mol. The molecule has 1 aromatic carbocycles. The highest BCUT2D eigenvalue weighted by Gasteiger charge is 2.17. The Labute approximate surface area is 109 Å². The van der Waals surface area contributed by atoms with Gasteiger partial charge in [0, 0.05) is 10.9 Å². The highest BCUT2D eigenvalue weighted by Crippen LogP contribution is 2.24. The van der Waals surface area contributed by atoms with Crippen LogP contribution in [0.5, 0.6) is 0 Å². The minimum absolute atomic E-state index is 0.108. The molecule has 96 valence electrons. The van der Waals surface area contributed by atoms with Crippen molar-refractivity contribution >= 4 is 11.8 Å². The zero-order chi connectivity index (χ0) is 12.8. The van der Waals surface area contributed by atoms with Crippen LogP contribution in [0.25, 0.3) is 0 Å². The quantitative estimate of drug-likeness (QED) is 0.766. The molecule has 0 saturated carbocycles. The lowest BCUT2D eigenvalue weighted by atomic mass is 9.92. The average Bonchev–Trinajstić information content (AvgIpc) is 2.37. The molecule has 3 unspecified atom stereocenters. The van der Waals surface area contributed by atoms with Gasteiger partial charge in [-0.05, 0) is 42.7 Å². The molecule has 1 rings (SSSR count). The SMILES string of the molecule is CCC(N)C(O)CC(C)c1ccc(SC)cc1. The number of thioether (sulfide) groups is 1. The second-order valence-corrected chi connectivity index (χ2v) is 5.43. The molecule has 0 spiro atoms. The molecular weight excluding hydrogens is 230 g/mol. The lowest BCUT2D eigenvalue weighted by molar-refractivity contribution is 0.126. The summed E-state index contributed by atoms with van der Waals surface area (Å²) in [5.41, 5.74) is 7.10. The summed E-state index contributed by atoms with van der Waals surface area (Å²) in [7, 11) is 0. The number of nitrogens with two attached hydrogens (primary N) is 1. The molecule has 0 aliphatic rings. The lowest BCUT2D eigenvalue weighted by Crippen LogP contribution is -2.34. The van der Waals surface area contributed by atoms with Gasteiger partial charge in [-0.25, -0.2) is 0 Å². The molecule has 0 aliphatic carbocycles. The van der Waals surface area contributed by atoms with Gasteiger partial charge in [-0.2, -0.15) is 0 Å². The molecule has 3 heteroatoms. The standard InChI is InChI=1S/C14H23NOS/c1-4-13(15)14(16)9-10(2)11-5-7-12(17-3)8-6-11/h5-8,10,13-14,16H,4,9,15H2,1-3H3. The fourth-order valence-electron chi connectivity index (χ4n) is 1.88. The molecule has 3 atom stereocenters. The van der Waals surface area contributed by atoms with Crippen molar-refractivity contribution in [3.05, 3.63) is 29.8 Å². The number of benzene rings is 1. The molecule has 1 aromatic rings. The molecule has 0 heterocycles. The van der Waals surface area contributed by atoms with Crippen LogP contribution in [0.1, 0.15) is 38.2 Å². The maximum absolute atomic E-state index is 9.92. The van der Waals surface area contributed by atoms with Crippen molar-refractivity contribution in [2.45, 2.75) is 49.6 Å². The summed E-state index contributed by atoms with van der Waals surface area (Å²) in [4.78, 5) is 1.27. The average molecular weight is 253 g/mol. The van der Waals surface area contributed by atoms with Crippen LogP contribution in [0.2, 0.25) is 0 Å². The van der Waals surface area contributed by atoms with Crippen LogP contribution in [-0.4, -0.2) is 23.5 Å². The van der Waals surface area contributed by atoms with Gasteiger partial charge in [0.15, 0.2) is 0 Å². The lowest BCUT2D eigenvalue weighted by Gasteiger charge is -2.21. The Morgan fingerprint density at radius 1 is 1.29 bits per heavy atom. The molecule has 0 aromatic heterocycles. The van der Waals surface area contributed by atoms with Crippen LogP contribution in [0.15, 0.2) is 29.2 Å². The van der Waals surface area contributed by atoms with Gasteiger partial charge in [0.05, 0.1) is 6.10 Å². The van der Waals surface area contributed by atoms with E-state index in [1.807, 2.05) is 6.92 Å². The summed E-state index contributed by atoms with van der Waals surface area (Å²) >= 11 is 1.74. The molecule has 0 bridgehead atoms. The third kappa shape index (κ3) is 4.34. The fourth-order valence-corrected chi connectivity index (χ4v) is 2.29. The normalized spacial score (nSPS) is 16.5. The number of hydrogen-bond donors (Lipinski definition) is 2. The van der Waals surface area contributed by atoms with Crippen LogP contribution in [0.4, 0.5) is 0 Å². The van der Waals surface area contributed by atoms with Crippen LogP contribution in [0.3, 0.4) is 0 Å². The van der Waals surface area contributed by atoms with Crippen LogP contribution < -0.4 is 5.73 Å². The molecular formula is C14H23NOS. The first-order valence-corrected chi connectivity index (χ1v) is 7.38. The molecule has 2 nitrogen and oxygen atoms in total. The number of rotatable bonds is 6. The molecule has 0 saturated heterocycles. The Morgan fingerprint density at radius 3 is 2.35 bits per heavy atom. The largest absolute Gasteiger partial charge is 0.391 e. The summed E-state index contributed by atoms with van der Waals surface area (Å²) in [6.45, 7) is 4.14. The smallest absolute Gasteiger partial charge is 0.0696 e. The summed E-state index contributed by atoms with van der Waals surface area (Å²) in [5.74, 6) is 0.346. The molecule has 0 fully saturated rings. The van der Waals surface area contributed by atoms with Crippen molar-refractivity contribution in [3.8, 4) is 0 Å². The van der Waals surface area contributed by atoms with Gasteiger partial charge in [0.25, 0.3) is 0 Å². The minimum atomic E-state index is -0.407. The van der Waals surface area contributed by atoms with Crippen molar-refractivity contribution in [1.29, 1.82) is 0 Å². The van der Waals surface area contributed by atoms with Gasteiger partial charge in [-0.1, -0.05) is 26.0 Å². The van der Waals surface area contributed by atoms with E-state index in [0.717, 1.165) is 12.8 Å². The van der Waals surface area contributed by atoms with E-state index < -0.39 is 6.10 Å². The van der Waals surface area contributed by atoms with Gasteiger partial charge in [0.2, 0.25) is 0 Å². The second-order valence-electron chi connectivity index (χ2n) is 4.55. The van der Waals surface area contributed by atoms with Gasteiger partial charge >= 0.3 is 0 Å². The Morgan fingerprint density at radius 2 is 1.88 bits per heavy atom. The second kappa shape index (κ2) is 7.04. The van der Waals surface area contributed by atoms with Gasteiger partial charge in [-0.3, -0.25) is 0 Å². The zero-order valence-electron chi connectivity index (χ0n) is 10.9. The Kier molecular flexibility index (Phi) is 6.03. The number of hydrogen-bond acceptors (Lipinski definition) is 3. The molecule has 0 radical (unpaired) electrons. The zero-order valence-corrected chi connectivity index (χ0v) is 11.7. The summed E-state index contributed by atoms with van der Waals surface area (Å²) < 4.78 is 0. The monoisotopic (exact) mass is 253 g/mol. The number of aliphatic hydroxyl groups is 1. The molecule has 0 amide bonds. The molecule has 0 aliphatic heterocycles. The van der Waals surface area contributed by atoms with E-state index in [9.17, 15) is 5.11 Å². The van der Waals surface area contributed by atoms with E-state index in [0.29, 0.717) is 5.92 Å². The summed E-state index contributed by atoms with van der Waals surface area (Å²) in [6, 6.07) is 8.43. The van der Waals surface area contributed by atoms with Crippen molar-refractivity contribution in [1.82, 2.24) is 0 Å². The fraction of sp³-hybridized carbons (Fsp3) is 0.571. The van der Waals surface area contributed by atoms with Gasteiger partial charge in [0.1, 0.15) is 0 Å². The van der Waals surface area contributed by atoms with Crippen LogP contribution in [0, 0.1) is 0 Å². The Balaban J connectivity index is 2.59. The van der Waals surface area contributed by atoms with E-state index >= 15 is 0 Å². The van der Waals surface area contributed by atoms with Crippen molar-refractivity contribution in [3.63, 3.8) is 0 Å². The van der Waals surface area contributed by atoms with Crippen molar-refractivity contribution < 1.29 is 5.11 Å². The van der Waals surface area contributed by atoms with Crippen molar-refractivity contribution in [2.75, 3.05) is 6.26 Å². The minimum Gasteiger partial charge on any atom is -0.391 e. The summed E-state index contributed by atoms with van der Waals surface area (Å²) in [5, 5.41) is 9.92. The van der Waals surface area contributed by atoms with E-state index in [1.165, 1.54) is 10.5 Å². The first-order valence-electron chi connectivity index (χ1n) is 6.16. The van der Waals surface area contributed by atoms with E-state index in [2.05, 4.69) is 37.4 Å².